The van der Waals surface area contributed by atoms with Crippen LogP contribution in [0.15, 0.2) is 6.20 Å². The molecule has 0 aliphatic heterocycles. The first-order chi connectivity index (χ1) is 6.38. The first-order valence-electron chi connectivity index (χ1n) is 4.72. The van der Waals surface area contributed by atoms with E-state index in [2.05, 4.69) is 25.8 Å². The van der Waals surface area contributed by atoms with Crippen molar-refractivity contribution in [2.45, 2.75) is 44.2 Å². The first-order valence-corrected chi connectivity index (χ1v) is 6.53. The van der Waals surface area contributed by atoms with Crippen LogP contribution < -0.4 is 5.73 Å². The van der Waals surface area contributed by atoms with Crippen molar-refractivity contribution in [1.82, 2.24) is 4.98 Å². The van der Waals surface area contributed by atoms with E-state index in [0.29, 0.717) is 4.75 Å². The molecular weight excluding hydrogens is 212 g/mol. The Kier molecular flexibility index (Phi) is 3.98. The van der Waals surface area contributed by atoms with E-state index < -0.39 is 0 Å². The summed E-state index contributed by atoms with van der Waals surface area (Å²) in [5.41, 5.74) is 5.77. The molecule has 0 bridgehead atoms. The molecule has 0 spiro atoms. The van der Waals surface area contributed by atoms with Crippen LogP contribution in [0.25, 0.3) is 0 Å². The van der Waals surface area contributed by atoms with E-state index in [4.69, 9.17) is 5.73 Å². The highest BCUT2D eigenvalue weighted by atomic mass is 32.2. The molecule has 0 saturated carbocycles. The van der Waals surface area contributed by atoms with Gasteiger partial charge >= 0.3 is 0 Å². The molecule has 0 fully saturated rings. The van der Waals surface area contributed by atoms with Gasteiger partial charge in [0.15, 0.2) is 0 Å². The SMILES string of the molecule is CC(N)c1cnc(CSC(C)(C)C)s1. The second-order valence-corrected chi connectivity index (χ2v) is 7.29. The zero-order chi connectivity index (χ0) is 10.8. The topological polar surface area (TPSA) is 38.9 Å². The minimum Gasteiger partial charge on any atom is -0.323 e. The van der Waals surface area contributed by atoms with Crippen LogP contribution in [-0.2, 0) is 5.75 Å². The summed E-state index contributed by atoms with van der Waals surface area (Å²) in [6.45, 7) is 8.65. The molecule has 0 saturated heterocycles. The van der Waals surface area contributed by atoms with E-state index in [-0.39, 0.29) is 6.04 Å². The molecule has 0 aliphatic carbocycles. The third-order valence-electron chi connectivity index (χ3n) is 1.65. The molecule has 4 heteroatoms. The molecule has 1 rings (SSSR count). The summed E-state index contributed by atoms with van der Waals surface area (Å²) in [4.78, 5) is 5.53. The van der Waals surface area contributed by atoms with Gasteiger partial charge in [-0.15, -0.1) is 23.1 Å². The molecule has 0 aliphatic rings. The van der Waals surface area contributed by atoms with Gasteiger partial charge in [0.2, 0.25) is 0 Å². The fraction of sp³-hybridized carbons (Fsp3) is 0.700. The highest BCUT2D eigenvalue weighted by Crippen LogP contribution is 2.29. The van der Waals surface area contributed by atoms with E-state index in [1.54, 1.807) is 11.3 Å². The number of thioether (sulfide) groups is 1. The number of nitrogens with zero attached hydrogens (tertiary/aromatic N) is 1. The fourth-order valence-corrected chi connectivity index (χ4v) is 2.59. The van der Waals surface area contributed by atoms with Gasteiger partial charge in [-0.2, -0.15) is 0 Å². The Bertz CT molecular complexity index is 287. The lowest BCUT2D eigenvalue weighted by Crippen LogP contribution is -2.07. The van der Waals surface area contributed by atoms with Gasteiger partial charge in [0.05, 0.1) is 0 Å². The minimum absolute atomic E-state index is 0.112. The zero-order valence-electron chi connectivity index (χ0n) is 9.20. The van der Waals surface area contributed by atoms with Gasteiger partial charge in [-0.25, -0.2) is 4.98 Å². The third kappa shape index (κ3) is 3.98. The Morgan fingerprint density at radius 1 is 1.57 bits per heavy atom. The lowest BCUT2D eigenvalue weighted by atomic mass is 10.3. The molecule has 0 amide bonds. The summed E-state index contributed by atoms with van der Waals surface area (Å²) in [5, 5.41) is 1.18. The van der Waals surface area contributed by atoms with Gasteiger partial charge in [-0.1, -0.05) is 20.8 Å². The van der Waals surface area contributed by atoms with Crippen LogP contribution in [0.2, 0.25) is 0 Å². The predicted molar refractivity (Wildman–Crippen MR) is 65.8 cm³/mol. The number of nitrogens with two attached hydrogens (primary N) is 1. The molecule has 2 nitrogen and oxygen atoms in total. The van der Waals surface area contributed by atoms with Crippen LogP contribution in [0.1, 0.15) is 43.6 Å². The van der Waals surface area contributed by atoms with Crippen LogP contribution in [0, 0.1) is 0 Å². The lowest BCUT2D eigenvalue weighted by molar-refractivity contribution is 0.802. The Morgan fingerprint density at radius 3 is 2.64 bits per heavy atom. The second-order valence-electron chi connectivity index (χ2n) is 4.35. The summed E-state index contributed by atoms with van der Waals surface area (Å²) in [6, 6.07) is 0.112. The predicted octanol–water partition coefficient (Wildman–Crippen LogP) is 3.19. The molecule has 1 aromatic heterocycles. The molecule has 2 N–H and O–H groups in total. The monoisotopic (exact) mass is 230 g/mol. The smallest absolute Gasteiger partial charge is 0.103 e. The summed E-state index contributed by atoms with van der Waals surface area (Å²) in [5.74, 6) is 0.987. The van der Waals surface area contributed by atoms with Crippen molar-refractivity contribution < 1.29 is 0 Å². The Morgan fingerprint density at radius 2 is 2.21 bits per heavy atom. The molecule has 80 valence electrons. The number of thiazole rings is 1. The van der Waals surface area contributed by atoms with Crippen molar-refractivity contribution in [3.05, 3.63) is 16.1 Å². The molecule has 1 unspecified atom stereocenters. The fourth-order valence-electron chi connectivity index (χ4n) is 0.880. The lowest BCUT2D eigenvalue weighted by Gasteiger charge is -2.16. The summed E-state index contributed by atoms with van der Waals surface area (Å²) in [7, 11) is 0. The van der Waals surface area contributed by atoms with Crippen molar-refractivity contribution in [1.29, 1.82) is 0 Å². The molecular formula is C10H18N2S2. The van der Waals surface area contributed by atoms with Crippen molar-refractivity contribution >= 4 is 23.1 Å². The largest absolute Gasteiger partial charge is 0.323 e. The normalized spacial score (nSPS) is 14.4. The Balaban J connectivity index is 2.52. The van der Waals surface area contributed by atoms with E-state index >= 15 is 0 Å². The number of rotatable bonds is 3. The van der Waals surface area contributed by atoms with Gasteiger partial charge in [0.25, 0.3) is 0 Å². The van der Waals surface area contributed by atoms with E-state index in [0.717, 1.165) is 5.75 Å². The highest BCUT2D eigenvalue weighted by Gasteiger charge is 2.12. The van der Waals surface area contributed by atoms with Crippen LogP contribution in [0.5, 0.6) is 0 Å². The van der Waals surface area contributed by atoms with Gasteiger partial charge < -0.3 is 5.73 Å². The maximum atomic E-state index is 5.77. The van der Waals surface area contributed by atoms with Crippen LogP contribution in [-0.4, -0.2) is 9.73 Å². The Labute approximate surface area is 94.3 Å². The molecule has 1 atom stereocenters. The maximum absolute atomic E-state index is 5.77. The zero-order valence-corrected chi connectivity index (χ0v) is 10.8. The summed E-state index contributed by atoms with van der Waals surface area (Å²) in [6.07, 6.45) is 1.90. The molecule has 1 heterocycles. The van der Waals surface area contributed by atoms with Crippen molar-refractivity contribution in [2.75, 3.05) is 0 Å². The number of hydrogen-bond acceptors (Lipinski definition) is 4. The third-order valence-corrected chi connectivity index (χ3v) is 4.31. The highest BCUT2D eigenvalue weighted by molar-refractivity contribution is 7.99. The van der Waals surface area contributed by atoms with Crippen LogP contribution >= 0.6 is 23.1 Å². The van der Waals surface area contributed by atoms with Crippen molar-refractivity contribution in [3.63, 3.8) is 0 Å². The van der Waals surface area contributed by atoms with Gasteiger partial charge in [0.1, 0.15) is 5.01 Å². The standard InChI is InChI=1S/C10H18N2S2/c1-7(11)8-5-12-9(14-8)6-13-10(2,3)4/h5,7H,6,11H2,1-4H3. The van der Waals surface area contributed by atoms with E-state index in [9.17, 15) is 0 Å². The number of aromatic nitrogens is 1. The molecule has 14 heavy (non-hydrogen) atoms. The van der Waals surface area contributed by atoms with E-state index in [1.807, 2.05) is 24.9 Å². The van der Waals surface area contributed by atoms with Crippen molar-refractivity contribution in [3.8, 4) is 0 Å². The Hall–Kier alpha value is -0.0600. The second kappa shape index (κ2) is 4.64. The van der Waals surface area contributed by atoms with Gasteiger partial charge in [-0.3, -0.25) is 0 Å². The minimum atomic E-state index is 0.112. The molecule has 0 radical (unpaired) electrons. The van der Waals surface area contributed by atoms with Crippen LogP contribution in [0.4, 0.5) is 0 Å². The van der Waals surface area contributed by atoms with Crippen molar-refractivity contribution in [2.24, 2.45) is 5.73 Å². The average Bonchev–Trinajstić information content (AvgIpc) is 2.47. The van der Waals surface area contributed by atoms with Gasteiger partial charge in [-0.05, 0) is 6.92 Å². The summed E-state index contributed by atoms with van der Waals surface area (Å²) < 4.78 is 0.306. The molecule has 1 aromatic rings. The first kappa shape index (κ1) is 12.0. The quantitative estimate of drug-likeness (QED) is 0.866. The average molecular weight is 230 g/mol. The molecule has 0 aromatic carbocycles. The number of hydrogen-bond donors (Lipinski definition) is 1. The van der Waals surface area contributed by atoms with E-state index in [1.165, 1.54) is 9.88 Å². The summed E-state index contributed by atoms with van der Waals surface area (Å²) >= 11 is 3.64. The van der Waals surface area contributed by atoms with Gasteiger partial charge in [0, 0.05) is 27.6 Å². The maximum Gasteiger partial charge on any atom is 0.103 e. The van der Waals surface area contributed by atoms with Crippen LogP contribution in [0.3, 0.4) is 0 Å².